The minimum Gasteiger partial charge on any atom is -0.349 e. The quantitative estimate of drug-likeness (QED) is 0.238. The molecule has 3 N–H and O–H groups in total. The van der Waals surface area contributed by atoms with Gasteiger partial charge in [-0.05, 0) is 71.7 Å². The first-order chi connectivity index (χ1) is 16.5. The van der Waals surface area contributed by atoms with E-state index in [-0.39, 0.29) is 29.3 Å². The summed E-state index contributed by atoms with van der Waals surface area (Å²) in [6.07, 6.45) is 3.29. The Morgan fingerprint density at radius 2 is 1.74 bits per heavy atom. The van der Waals surface area contributed by atoms with E-state index in [9.17, 15) is 9.59 Å². The predicted molar refractivity (Wildman–Crippen MR) is 149 cm³/mol. The molecule has 1 aromatic carbocycles. The molecule has 7 nitrogen and oxygen atoms in total. The molecule has 3 heterocycles. The highest BCUT2D eigenvalue weighted by molar-refractivity contribution is 14.1. The fraction of sp³-hybridized carbons (Fsp3) is 0.308. The molecule has 0 aliphatic rings. The molecule has 3 aromatic heterocycles. The van der Waals surface area contributed by atoms with Gasteiger partial charge < -0.3 is 15.6 Å². The number of rotatable bonds is 6. The van der Waals surface area contributed by atoms with Crippen LogP contribution in [-0.4, -0.2) is 32.8 Å². The first-order valence-electron chi connectivity index (χ1n) is 11.3. The number of amides is 2. The molecule has 9 heteroatoms. The Labute approximate surface area is 222 Å². The topological polar surface area (TPSA) is 99.8 Å². The summed E-state index contributed by atoms with van der Waals surface area (Å²) in [5.74, 6) is -0.333. The molecule has 4 rings (SSSR count). The molecule has 0 saturated carbocycles. The van der Waals surface area contributed by atoms with Crippen LogP contribution in [0, 0.1) is 8.99 Å². The van der Waals surface area contributed by atoms with Crippen molar-refractivity contribution >= 4 is 56.9 Å². The lowest BCUT2D eigenvalue weighted by Gasteiger charge is -2.27. The summed E-state index contributed by atoms with van der Waals surface area (Å²) in [5.41, 5.74) is 3.10. The summed E-state index contributed by atoms with van der Waals surface area (Å²) in [4.78, 5) is 39.3. The fourth-order valence-corrected chi connectivity index (χ4v) is 4.60. The Hall–Kier alpha value is -2.79. The Bertz CT molecular complexity index is 1370. The largest absolute Gasteiger partial charge is 0.349 e. The molecule has 0 saturated heterocycles. The zero-order valence-electron chi connectivity index (χ0n) is 20.3. The zero-order chi connectivity index (χ0) is 25.3. The predicted octanol–water partition coefficient (Wildman–Crippen LogP) is 5.95. The maximum Gasteiger partial charge on any atom is 0.261 e. The second kappa shape index (κ2) is 10.1. The number of aromatic amines is 1. The Kier molecular flexibility index (Phi) is 7.27. The van der Waals surface area contributed by atoms with E-state index in [2.05, 4.69) is 64.0 Å². The van der Waals surface area contributed by atoms with E-state index in [0.29, 0.717) is 27.3 Å². The van der Waals surface area contributed by atoms with Crippen molar-refractivity contribution in [3.05, 3.63) is 68.4 Å². The van der Waals surface area contributed by atoms with Gasteiger partial charge in [0.15, 0.2) is 5.65 Å². The average Bonchev–Trinajstić information content (AvgIpc) is 3.46. The third-order valence-corrected chi connectivity index (χ3v) is 7.90. The monoisotopic (exact) mass is 601 g/mol. The summed E-state index contributed by atoms with van der Waals surface area (Å²) in [5, 5.41) is 6.10. The number of H-pyrrole nitrogens is 1. The molecular formula is C26H28IN5O2S. The molecule has 0 bridgehead atoms. The van der Waals surface area contributed by atoms with Gasteiger partial charge in [0.2, 0.25) is 0 Å². The van der Waals surface area contributed by atoms with Crippen molar-refractivity contribution in [1.29, 1.82) is 0 Å². The highest BCUT2D eigenvalue weighted by Crippen LogP contribution is 2.29. The average molecular weight is 602 g/mol. The van der Waals surface area contributed by atoms with Crippen LogP contribution < -0.4 is 10.6 Å². The Balaban J connectivity index is 1.53. The van der Waals surface area contributed by atoms with Gasteiger partial charge in [-0.3, -0.25) is 9.59 Å². The van der Waals surface area contributed by atoms with Crippen LogP contribution in [-0.2, 0) is 0 Å². The summed E-state index contributed by atoms with van der Waals surface area (Å²) >= 11 is 3.61. The van der Waals surface area contributed by atoms with E-state index in [1.165, 1.54) is 11.3 Å². The lowest BCUT2D eigenvalue weighted by molar-refractivity contribution is 0.0910. The molecule has 1 unspecified atom stereocenters. The number of nitrogens with one attached hydrogen (secondary N) is 3. The second-order valence-corrected chi connectivity index (χ2v) is 12.0. The molecular weight excluding hydrogens is 573 g/mol. The third-order valence-electron chi connectivity index (χ3n) is 6.07. The number of thiophene rings is 1. The SMILES string of the molecule is CC(NC(=O)c1ccc(-c2cnc3[nH]cc(C(=O)N[C@@H](C)C(C)(C)C)c3n2)s1)c1ccc(I)cc1. The lowest BCUT2D eigenvalue weighted by Crippen LogP contribution is -2.41. The molecule has 4 aromatic rings. The van der Waals surface area contributed by atoms with Crippen molar-refractivity contribution in [2.45, 2.75) is 46.7 Å². The first-order valence-corrected chi connectivity index (χ1v) is 13.2. The highest BCUT2D eigenvalue weighted by atomic mass is 127. The van der Waals surface area contributed by atoms with Gasteiger partial charge in [-0.25, -0.2) is 9.97 Å². The van der Waals surface area contributed by atoms with E-state index < -0.39 is 0 Å². The number of carbonyl (C=O) groups is 2. The minimum atomic E-state index is -0.194. The molecule has 2 atom stereocenters. The number of nitrogens with zero attached hydrogens (tertiary/aromatic N) is 2. The van der Waals surface area contributed by atoms with E-state index >= 15 is 0 Å². The number of hydrogen-bond acceptors (Lipinski definition) is 5. The van der Waals surface area contributed by atoms with E-state index in [4.69, 9.17) is 4.98 Å². The van der Waals surface area contributed by atoms with Crippen LogP contribution in [0.3, 0.4) is 0 Å². The number of aromatic nitrogens is 3. The number of halogens is 1. The van der Waals surface area contributed by atoms with Gasteiger partial charge >= 0.3 is 0 Å². The smallest absolute Gasteiger partial charge is 0.261 e. The first kappa shape index (κ1) is 25.3. The molecule has 0 fully saturated rings. The summed E-state index contributed by atoms with van der Waals surface area (Å²) in [7, 11) is 0. The van der Waals surface area contributed by atoms with Crippen molar-refractivity contribution in [2.75, 3.05) is 0 Å². The standard InChI is InChI=1S/C26H28IN5O2S/c1-14(16-6-8-17(27)9-7-16)30-25(34)21-11-10-20(35-21)19-13-29-23-22(32-19)18(12-28-23)24(33)31-15(2)26(3,4)5/h6-15H,1-5H3,(H,28,29)(H,30,34)(H,31,33)/t14?,15-/m0/s1. The molecule has 35 heavy (non-hydrogen) atoms. The number of hydrogen-bond donors (Lipinski definition) is 3. The number of fused-ring (bicyclic) bond motifs is 1. The van der Waals surface area contributed by atoms with E-state index in [1.807, 2.05) is 44.2 Å². The lowest BCUT2D eigenvalue weighted by atomic mass is 9.88. The maximum atomic E-state index is 12.9. The van der Waals surface area contributed by atoms with Gasteiger partial charge in [0.25, 0.3) is 11.8 Å². The van der Waals surface area contributed by atoms with Crippen molar-refractivity contribution in [1.82, 2.24) is 25.6 Å². The van der Waals surface area contributed by atoms with Crippen LogP contribution in [0.1, 0.15) is 66.3 Å². The van der Waals surface area contributed by atoms with Crippen molar-refractivity contribution < 1.29 is 9.59 Å². The Morgan fingerprint density at radius 1 is 1.03 bits per heavy atom. The summed E-state index contributed by atoms with van der Waals surface area (Å²) in [6, 6.07) is 11.6. The summed E-state index contributed by atoms with van der Waals surface area (Å²) in [6.45, 7) is 10.2. The van der Waals surface area contributed by atoms with Crippen LogP contribution in [0.2, 0.25) is 0 Å². The van der Waals surface area contributed by atoms with Gasteiger partial charge in [-0.15, -0.1) is 11.3 Å². The zero-order valence-corrected chi connectivity index (χ0v) is 23.2. The van der Waals surface area contributed by atoms with Gasteiger partial charge in [0, 0.05) is 15.8 Å². The van der Waals surface area contributed by atoms with Crippen LogP contribution in [0.15, 0.2) is 48.8 Å². The van der Waals surface area contributed by atoms with Crippen LogP contribution in [0.5, 0.6) is 0 Å². The van der Waals surface area contributed by atoms with Crippen molar-refractivity contribution in [2.24, 2.45) is 5.41 Å². The van der Waals surface area contributed by atoms with Crippen LogP contribution in [0.4, 0.5) is 0 Å². The minimum absolute atomic E-state index is 0.0173. The van der Waals surface area contributed by atoms with Crippen molar-refractivity contribution in [3.63, 3.8) is 0 Å². The molecule has 0 aliphatic carbocycles. The van der Waals surface area contributed by atoms with E-state index in [1.54, 1.807) is 18.5 Å². The summed E-state index contributed by atoms with van der Waals surface area (Å²) < 4.78 is 1.15. The normalized spacial score (nSPS) is 13.4. The Morgan fingerprint density at radius 3 is 2.43 bits per heavy atom. The van der Waals surface area contributed by atoms with Gasteiger partial charge in [-0.1, -0.05) is 32.9 Å². The fourth-order valence-electron chi connectivity index (χ4n) is 3.37. The maximum absolute atomic E-state index is 12.9. The van der Waals surface area contributed by atoms with E-state index in [0.717, 1.165) is 14.0 Å². The molecule has 0 radical (unpaired) electrons. The van der Waals surface area contributed by atoms with Gasteiger partial charge in [-0.2, -0.15) is 0 Å². The molecule has 2 amide bonds. The third kappa shape index (κ3) is 5.72. The van der Waals surface area contributed by atoms with Gasteiger partial charge in [0.05, 0.1) is 33.3 Å². The van der Waals surface area contributed by atoms with Crippen LogP contribution in [0.25, 0.3) is 21.7 Å². The van der Waals surface area contributed by atoms with Gasteiger partial charge in [0.1, 0.15) is 5.52 Å². The van der Waals surface area contributed by atoms with Crippen LogP contribution >= 0.6 is 33.9 Å². The number of benzene rings is 1. The molecule has 182 valence electrons. The number of carbonyl (C=O) groups excluding carboxylic acids is 2. The molecule has 0 spiro atoms. The highest BCUT2D eigenvalue weighted by Gasteiger charge is 2.24. The van der Waals surface area contributed by atoms with Crippen molar-refractivity contribution in [3.8, 4) is 10.6 Å². The molecule has 0 aliphatic heterocycles. The second-order valence-electron chi connectivity index (χ2n) is 9.63.